The lowest BCUT2D eigenvalue weighted by molar-refractivity contribution is 0.130. The van der Waals surface area contributed by atoms with Gasteiger partial charge in [-0.3, -0.25) is 0 Å². The summed E-state index contributed by atoms with van der Waals surface area (Å²) in [5.74, 6) is 0.760. The van der Waals surface area contributed by atoms with Gasteiger partial charge in [0.1, 0.15) is 19.0 Å². The van der Waals surface area contributed by atoms with Crippen LogP contribution in [0.1, 0.15) is 16.7 Å². The Morgan fingerprint density at radius 2 is 1.58 bits per heavy atom. The number of amidine groups is 1. The van der Waals surface area contributed by atoms with Gasteiger partial charge < -0.3 is 15.3 Å². The van der Waals surface area contributed by atoms with E-state index in [-0.39, 0.29) is 17.3 Å². The predicted molar refractivity (Wildman–Crippen MR) is 120 cm³/mol. The second kappa shape index (κ2) is 10.1. The van der Waals surface area contributed by atoms with Gasteiger partial charge >= 0.3 is 0 Å². The maximum Gasteiger partial charge on any atom is 0.242 e. The third kappa shape index (κ3) is 5.84. The summed E-state index contributed by atoms with van der Waals surface area (Å²) < 4.78 is 31.6. The highest BCUT2D eigenvalue weighted by Crippen LogP contribution is 2.20. The Kier molecular flexibility index (Phi) is 7.28. The number of para-hydroxylation sites is 1. The molecule has 0 atom stereocenters. The number of sulfonamides is 1. The Bertz CT molecular complexity index is 1150. The second-order valence-electron chi connectivity index (χ2n) is 6.96. The molecule has 0 aliphatic rings. The molecule has 0 bridgehead atoms. The number of hydrogen-bond donors (Lipinski definition) is 1. The first-order valence-electron chi connectivity index (χ1n) is 9.61. The molecule has 0 spiro atoms. The van der Waals surface area contributed by atoms with E-state index in [1.54, 1.807) is 24.3 Å². The lowest BCUT2D eigenvalue weighted by Gasteiger charge is -2.12. The molecule has 0 aromatic heterocycles. The fourth-order valence-electron chi connectivity index (χ4n) is 2.77. The normalized spacial score (nSPS) is 12.0. The van der Waals surface area contributed by atoms with Crippen molar-refractivity contribution in [3.05, 3.63) is 95.6 Å². The van der Waals surface area contributed by atoms with Crippen LogP contribution in [0.15, 0.2) is 88.9 Å². The summed E-state index contributed by atoms with van der Waals surface area (Å²) in [6, 6.07) is 23.6. The predicted octanol–water partition coefficient (Wildman–Crippen LogP) is 3.35. The minimum atomic E-state index is -3.52. The van der Waals surface area contributed by atoms with Crippen LogP contribution >= 0.6 is 0 Å². The van der Waals surface area contributed by atoms with E-state index >= 15 is 0 Å². The first-order chi connectivity index (χ1) is 14.9. The van der Waals surface area contributed by atoms with E-state index in [9.17, 15) is 8.42 Å². The van der Waals surface area contributed by atoms with Gasteiger partial charge in [-0.05, 0) is 35.4 Å². The van der Waals surface area contributed by atoms with E-state index in [2.05, 4.69) is 5.16 Å². The van der Waals surface area contributed by atoms with Gasteiger partial charge in [-0.2, -0.15) is 0 Å². The summed E-state index contributed by atoms with van der Waals surface area (Å²) in [6.07, 6.45) is 0. The Balaban J connectivity index is 1.68. The summed E-state index contributed by atoms with van der Waals surface area (Å²) in [6.45, 7) is 0.476. The quantitative estimate of drug-likeness (QED) is 0.313. The molecule has 0 saturated heterocycles. The zero-order chi connectivity index (χ0) is 22.3. The fourth-order valence-corrected chi connectivity index (χ4v) is 3.74. The molecule has 3 rings (SSSR count). The Morgan fingerprint density at radius 3 is 2.32 bits per heavy atom. The van der Waals surface area contributed by atoms with Crippen molar-refractivity contribution in [1.29, 1.82) is 0 Å². The van der Waals surface area contributed by atoms with Crippen LogP contribution in [-0.2, 0) is 28.1 Å². The average Bonchev–Trinajstić information content (AvgIpc) is 2.78. The Morgan fingerprint density at radius 1 is 0.903 bits per heavy atom. The van der Waals surface area contributed by atoms with Gasteiger partial charge in [-0.15, -0.1) is 0 Å². The third-order valence-electron chi connectivity index (χ3n) is 4.47. The SMILES string of the molecule is CN(C)S(=O)(=O)c1cccc(CO/N=C(/N)c2ccccc2OCc2ccccc2)c1. The summed E-state index contributed by atoms with van der Waals surface area (Å²) in [4.78, 5) is 5.57. The highest BCUT2D eigenvalue weighted by Gasteiger charge is 2.17. The molecule has 0 aliphatic carbocycles. The van der Waals surface area contributed by atoms with Crippen molar-refractivity contribution >= 4 is 15.9 Å². The number of rotatable bonds is 9. The fraction of sp³-hybridized carbons (Fsp3) is 0.174. The summed E-state index contributed by atoms with van der Waals surface area (Å²) in [5, 5.41) is 3.99. The van der Waals surface area contributed by atoms with Gasteiger partial charge in [-0.25, -0.2) is 12.7 Å². The minimum Gasteiger partial charge on any atom is -0.488 e. The second-order valence-corrected chi connectivity index (χ2v) is 9.11. The zero-order valence-corrected chi connectivity index (χ0v) is 18.2. The largest absolute Gasteiger partial charge is 0.488 e. The van der Waals surface area contributed by atoms with Crippen LogP contribution < -0.4 is 10.5 Å². The van der Waals surface area contributed by atoms with Crippen LogP contribution in [0.4, 0.5) is 0 Å². The molecule has 0 aliphatic heterocycles. The van der Waals surface area contributed by atoms with E-state index in [0.717, 1.165) is 9.87 Å². The van der Waals surface area contributed by atoms with E-state index < -0.39 is 10.0 Å². The Hall–Kier alpha value is -3.36. The van der Waals surface area contributed by atoms with Crippen molar-refractivity contribution in [2.75, 3.05) is 14.1 Å². The van der Waals surface area contributed by atoms with Gasteiger partial charge in [0.2, 0.25) is 10.0 Å². The van der Waals surface area contributed by atoms with E-state index in [0.29, 0.717) is 23.5 Å². The molecule has 2 N–H and O–H groups in total. The summed E-state index contributed by atoms with van der Waals surface area (Å²) in [5.41, 5.74) is 8.42. The number of hydrogen-bond acceptors (Lipinski definition) is 5. The number of nitrogens with two attached hydrogens (primary N) is 1. The van der Waals surface area contributed by atoms with Crippen LogP contribution in [0.25, 0.3) is 0 Å². The van der Waals surface area contributed by atoms with Gasteiger partial charge in [0.25, 0.3) is 0 Å². The van der Waals surface area contributed by atoms with Gasteiger partial charge in [0.05, 0.1) is 10.5 Å². The maximum atomic E-state index is 12.3. The van der Waals surface area contributed by atoms with Crippen molar-refractivity contribution in [3.63, 3.8) is 0 Å². The molecule has 0 unspecified atom stereocenters. The average molecular weight is 440 g/mol. The molecular weight excluding hydrogens is 414 g/mol. The molecule has 0 radical (unpaired) electrons. The van der Waals surface area contributed by atoms with E-state index in [1.807, 2.05) is 48.5 Å². The molecule has 162 valence electrons. The van der Waals surface area contributed by atoms with Crippen molar-refractivity contribution in [1.82, 2.24) is 4.31 Å². The van der Waals surface area contributed by atoms with Crippen molar-refractivity contribution in [3.8, 4) is 5.75 Å². The Labute approximate surface area is 182 Å². The lowest BCUT2D eigenvalue weighted by atomic mass is 10.2. The minimum absolute atomic E-state index is 0.0739. The highest BCUT2D eigenvalue weighted by atomic mass is 32.2. The molecule has 31 heavy (non-hydrogen) atoms. The molecule has 0 amide bonds. The maximum absolute atomic E-state index is 12.3. The molecule has 8 heteroatoms. The van der Waals surface area contributed by atoms with Gasteiger partial charge in [0, 0.05) is 14.1 Å². The standard InChI is InChI=1S/C23H25N3O4S/c1-26(2)31(27,28)20-12-8-11-19(15-20)17-30-25-23(24)21-13-6-7-14-22(21)29-16-18-9-4-3-5-10-18/h3-15H,16-17H2,1-2H3,(H2,24,25). The van der Waals surface area contributed by atoms with Gasteiger partial charge in [0.15, 0.2) is 5.84 Å². The summed E-state index contributed by atoms with van der Waals surface area (Å²) in [7, 11) is -0.544. The van der Waals surface area contributed by atoms with E-state index in [1.165, 1.54) is 20.2 Å². The van der Waals surface area contributed by atoms with Gasteiger partial charge in [-0.1, -0.05) is 59.8 Å². The molecule has 0 saturated carbocycles. The third-order valence-corrected chi connectivity index (χ3v) is 6.28. The first kappa shape index (κ1) is 22.3. The number of nitrogens with zero attached hydrogens (tertiary/aromatic N) is 2. The van der Waals surface area contributed by atoms with Crippen LogP contribution in [0.2, 0.25) is 0 Å². The zero-order valence-electron chi connectivity index (χ0n) is 17.4. The molecule has 7 nitrogen and oxygen atoms in total. The topological polar surface area (TPSA) is 94.2 Å². The van der Waals surface area contributed by atoms with Crippen LogP contribution in [0.3, 0.4) is 0 Å². The monoisotopic (exact) mass is 439 g/mol. The first-order valence-corrected chi connectivity index (χ1v) is 11.0. The van der Waals surface area contributed by atoms with Crippen molar-refractivity contribution < 1.29 is 18.0 Å². The molecule has 0 fully saturated rings. The van der Waals surface area contributed by atoms with Crippen molar-refractivity contribution in [2.24, 2.45) is 10.9 Å². The van der Waals surface area contributed by atoms with Crippen LogP contribution in [0.5, 0.6) is 5.75 Å². The highest BCUT2D eigenvalue weighted by molar-refractivity contribution is 7.89. The van der Waals surface area contributed by atoms with Crippen LogP contribution in [0, 0.1) is 0 Å². The molecule has 3 aromatic carbocycles. The smallest absolute Gasteiger partial charge is 0.242 e. The molecule has 3 aromatic rings. The molecular formula is C23H25N3O4S. The van der Waals surface area contributed by atoms with E-state index in [4.69, 9.17) is 15.3 Å². The molecule has 0 heterocycles. The van der Waals surface area contributed by atoms with Crippen molar-refractivity contribution in [2.45, 2.75) is 18.1 Å². The number of ether oxygens (including phenoxy) is 1. The lowest BCUT2D eigenvalue weighted by Crippen LogP contribution is -2.22. The number of benzene rings is 3. The number of oxime groups is 1. The van der Waals surface area contributed by atoms with Crippen LogP contribution in [-0.4, -0.2) is 32.7 Å². The summed E-state index contributed by atoms with van der Waals surface area (Å²) >= 11 is 0.